The Labute approximate surface area is 166 Å². The maximum Gasteiger partial charge on any atom is 0.158 e. The smallest absolute Gasteiger partial charge is 0.158 e. The van der Waals surface area contributed by atoms with Crippen LogP contribution in [0.25, 0.3) is 11.4 Å². The van der Waals surface area contributed by atoms with Crippen molar-refractivity contribution in [2.24, 2.45) is 0 Å². The summed E-state index contributed by atoms with van der Waals surface area (Å²) in [5.41, 5.74) is 1.98. The predicted octanol–water partition coefficient (Wildman–Crippen LogP) is 4.99. The van der Waals surface area contributed by atoms with Crippen molar-refractivity contribution in [2.75, 3.05) is 0 Å². The quantitative estimate of drug-likeness (QED) is 0.460. The molecule has 0 unspecified atom stereocenters. The lowest BCUT2D eigenvalue weighted by molar-refractivity contribution is 0.305. The number of halogens is 1. The summed E-state index contributed by atoms with van der Waals surface area (Å²) in [5.74, 6) is 2.37. The normalized spacial score (nSPS) is 10.9. The van der Waals surface area contributed by atoms with Gasteiger partial charge in [0.15, 0.2) is 5.82 Å². The highest BCUT2D eigenvalue weighted by Gasteiger charge is 2.12. The van der Waals surface area contributed by atoms with E-state index in [4.69, 9.17) is 16.3 Å². The second kappa shape index (κ2) is 7.90. The van der Waals surface area contributed by atoms with Gasteiger partial charge in [-0.05, 0) is 31.2 Å². The SMILES string of the molecule is Cc1nc(-c2ccccc2)n(Cc2csc(COc3ccc(Cl)cc3)n2)n1. The highest BCUT2D eigenvalue weighted by Crippen LogP contribution is 2.21. The standard InChI is InChI=1S/C20H17ClN4OS/c1-14-22-20(15-5-3-2-4-6-15)25(24-14)11-17-13-27-19(23-17)12-26-18-9-7-16(21)8-10-18/h2-10,13H,11-12H2,1H3. The number of hydrogen-bond donors (Lipinski definition) is 0. The molecule has 0 fully saturated rings. The third-order valence-corrected chi connectivity index (χ3v) is 5.02. The number of nitrogens with zero attached hydrogens (tertiary/aromatic N) is 4. The zero-order valence-electron chi connectivity index (χ0n) is 14.7. The van der Waals surface area contributed by atoms with Gasteiger partial charge in [-0.1, -0.05) is 41.9 Å². The van der Waals surface area contributed by atoms with Crippen LogP contribution in [-0.2, 0) is 13.2 Å². The lowest BCUT2D eigenvalue weighted by atomic mass is 10.2. The first kappa shape index (κ1) is 17.7. The van der Waals surface area contributed by atoms with E-state index < -0.39 is 0 Å². The molecule has 5 nitrogen and oxygen atoms in total. The van der Waals surface area contributed by atoms with Gasteiger partial charge in [0.1, 0.15) is 23.2 Å². The highest BCUT2D eigenvalue weighted by molar-refractivity contribution is 7.09. The molecular weight excluding hydrogens is 380 g/mol. The van der Waals surface area contributed by atoms with Crippen LogP contribution in [0.3, 0.4) is 0 Å². The van der Waals surface area contributed by atoms with Crippen LogP contribution in [0.5, 0.6) is 5.75 Å². The van der Waals surface area contributed by atoms with Crippen molar-refractivity contribution in [2.45, 2.75) is 20.1 Å². The average Bonchev–Trinajstić information content (AvgIpc) is 3.28. The molecule has 0 saturated heterocycles. The van der Waals surface area contributed by atoms with Crippen LogP contribution in [0.4, 0.5) is 0 Å². The largest absolute Gasteiger partial charge is 0.486 e. The third-order valence-electron chi connectivity index (χ3n) is 3.90. The van der Waals surface area contributed by atoms with E-state index in [1.54, 1.807) is 11.3 Å². The van der Waals surface area contributed by atoms with Gasteiger partial charge in [-0.15, -0.1) is 11.3 Å². The number of aryl methyl sites for hydroxylation is 1. The Bertz CT molecular complexity index is 1030. The number of rotatable bonds is 6. The first-order chi connectivity index (χ1) is 13.2. The summed E-state index contributed by atoms with van der Waals surface area (Å²) < 4.78 is 7.65. The molecule has 2 heterocycles. The van der Waals surface area contributed by atoms with Crippen molar-refractivity contribution >= 4 is 22.9 Å². The van der Waals surface area contributed by atoms with Crippen LogP contribution in [-0.4, -0.2) is 19.7 Å². The van der Waals surface area contributed by atoms with E-state index in [0.717, 1.165) is 33.7 Å². The minimum atomic E-state index is 0.425. The Balaban J connectivity index is 1.46. The fourth-order valence-corrected chi connectivity index (χ4v) is 3.51. The maximum atomic E-state index is 5.89. The first-order valence-electron chi connectivity index (χ1n) is 8.46. The number of thiazole rings is 1. The van der Waals surface area contributed by atoms with Gasteiger partial charge in [-0.2, -0.15) is 5.10 Å². The molecule has 0 aliphatic heterocycles. The van der Waals surface area contributed by atoms with Gasteiger partial charge in [0.05, 0.1) is 12.2 Å². The molecule has 2 aromatic heterocycles. The number of hydrogen-bond acceptors (Lipinski definition) is 5. The Morgan fingerprint density at radius 3 is 2.59 bits per heavy atom. The van der Waals surface area contributed by atoms with E-state index in [9.17, 15) is 0 Å². The molecule has 4 aromatic rings. The van der Waals surface area contributed by atoms with E-state index >= 15 is 0 Å². The van der Waals surface area contributed by atoms with E-state index in [1.807, 2.05) is 71.6 Å². The summed E-state index contributed by atoms with van der Waals surface area (Å²) >= 11 is 7.46. The van der Waals surface area contributed by atoms with Crippen LogP contribution in [0, 0.1) is 6.92 Å². The average molecular weight is 397 g/mol. The molecule has 0 atom stereocenters. The molecule has 0 saturated carbocycles. The van der Waals surface area contributed by atoms with E-state index in [2.05, 4.69) is 15.1 Å². The number of aromatic nitrogens is 4. The molecule has 0 bridgehead atoms. The zero-order chi connectivity index (χ0) is 18.6. The van der Waals surface area contributed by atoms with E-state index in [-0.39, 0.29) is 0 Å². The van der Waals surface area contributed by atoms with Crippen molar-refractivity contribution in [1.82, 2.24) is 19.7 Å². The van der Waals surface area contributed by atoms with E-state index in [1.165, 1.54) is 0 Å². The van der Waals surface area contributed by atoms with Crippen molar-refractivity contribution in [3.05, 3.63) is 81.5 Å². The molecule has 7 heteroatoms. The first-order valence-corrected chi connectivity index (χ1v) is 9.71. The Kier molecular flexibility index (Phi) is 5.18. The van der Waals surface area contributed by atoms with Crippen LogP contribution >= 0.6 is 22.9 Å². The van der Waals surface area contributed by atoms with Gasteiger partial charge < -0.3 is 4.74 Å². The van der Waals surface area contributed by atoms with Crippen molar-refractivity contribution in [3.63, 3.8) is 0 Å². The second-order valence-electron chi connectivity index (χ2n) is 5.98. The van der Waals surface area contributed by atoms with Crippen LogP contribution in [0.2, 0.25) is 5.02 Å². The van der Waals surface area contributed by atoms with Gasteiger partial charge in [0.25, 0.3) is 0 Å². The topological polar surface area (TPSA) is 52.8 Å². The van der Waals surface area contributed by atoms with Gasteiger partial charge >= 0.3 is 0 Å². The minimum absolute atomic E-state index is 0.425. The molecule has 0 aliphatic rings. The maximum absolute atomic E-state index is 5.89. The summed E-state index contributed by atoms with van der Waals surface area (Å²) in [7, 11) is 0. The van der Waals surface area contributed by atoms with Crippen LogP contribution < -0.4 is 4.74 Å². The molecule has 0 amide bonds. The number of ether oxygens (including phenoxy) is 1. The molecule has 0 radical (unpaired) electrons. The Morgan fingerprint density at radius 2 is 1.81 bits per heavy atom. The van der Waals surface area contributed by atoms with Gasteiger partial charge in [0, 0.05) is 16.0 Å². The Morgan fingerprint density at radius 1 is 1.04 bits per heavy atom. The van der Waals surface area contributed by atoms with E-state index in [0.29, 0.717) is 18.2 Å². The van der Waals surface area contributed by atoms with Crippen molar-refractivity contribution in [3.8, 4) is 17.1 Å². The molecular formula is C20H17ClN4OS. The van der Waals surface area contributed by atoms with Crippen LogP contribution in [0.1, 0.15) is 16.5 Å². The zero-order valence-corrected chi connectivity index (χ0v) is 16.2. The summed E-state index contributed by atoms with van der Waals surface area (Å²) in [5, 5.41) is 8.16. The highest BCUT2D eigenvalue weighted by atomic mass is 35.5. The molecule has 4 rings (SSSR count). The lowest BCUT2D eigenvalue weighted by Gasteiger charge is -2.05. The van der Waals surface area contributed by atoms with Gasteiger partial charge in [-0.25, -0.2) is 14.6 Å². The summed E-state index contributed by atoms with van der Waals surface area (Å²) in [4.78, 5) is 9.22. The van der Waals surface area contributed by atoms with Gasteiger partial charge in [-0.3, -0.25) is 0 Å². The summed E-state index contributed by atoms with van der Waals surface area (Å²) in [6.07, 6.45) is 0. The molecule has 27 heavy (non-hydrogen) atoms. The monoisotopic (exact) mass is 396 g/mol. The lowest BCUT2D eigenvalue weighted by Crippen LogP contribution is -2.05. The molecule has 0 spiro atoms. The molecule has 136 valence electrons. The Hall–Kier alpha value is -2.70. The molecule has 0 aliphatic carbocycles. The third kappa shape index (κ3) is 4.35. The minimum Gasteiger partial charge on any atom is -0.486 e. The number of benzene rings is 2. The molecule has 0 N–H and O–H groups in total. The van der Waals surface area contributed by atoms with Crippen molar-refractivity contribution in [1.29, 1.82) is 0 Å². The van der Waals surface area contributed by atoms with Crippen molar-refractivity contribution < 1.29 is 4.74 Å². The second-order valence-corrected chi connectivity index (χ2v) is 7.36. The van der Waals surface area contributed by atoms with Crippen LogP contribution in [0.15, 0.2) is 60.0 Å². The molecule has 2 aromatic carbocycles. The predicted molar refractivity (Wildman–Crippen MR) is 107 cm³/mol. The summed E-state index contributed by atoms with van der Waals surface area (Å²) in [6.45, 7) is 2.89. The summed E-state index contributed by atoms with van der Waals surface area (Å²) in [6, 6.07) is 17.4. The fourth-order valence-electron chi connectivity index (χ4n) is 2.68. The fraction of sp³-hybridized carbons (Fsp3) is 0.150. The van der Waals surface area contributed by atoms with Gasteiger partial charge in [0.2, 0.25) is 0 Å².